The Balaban J connectivity index is 1.74. The Labute approximate surface area is 125 Å². The Morgan fingerprint density at radius 2 is 1.95 bits per heavy atom. The maximum atomic E-state index is 3.77. The lowest BCUT2D eigenvalue weighted by molar-refractivity contribution is 0.0295. The summed E-state index contributed by atoms with van der Waals surface area (Å²) < 4.78 is 0. The van der Waals surface area contributed by atoms with Crippen molar-refractivity contribution in [3.63, 3.8) is 0 Å². The molecule has 3 fully saturated rings. The van der Waals surface area contributed by atoms with Gasteiger partial charge in [-0.3, -0.25) is 9.80 Å². The molecule has 116 valence electrons. The number of nitrogens with zero attached hydrogens (tertiary/aromatic N) is 2. The second kappa shape index (κ2) is 6.33. The molecule has 0 aromatic carbocycles. The van der Waals surface area contributed by atoms with Gasteiger partial charge in [0.05, 0.1) is 0 Å². The normalized spacial score (nSPS) is 40.2. The molecule has 4 atom stereocenters. The molecule has 3 aliphatic heterocycles. The van der Waals surface area contributed by atoms with Gasteiger partial charge in [-0.1, -0.05) is 27.2 Å². The van der Waals surface area contributed by atoms with Crippen molar-refractivity contribution in [3.8, 4) is 0 Å². The average molecular weight is 279 g/mol. The van der Waals surface area contributed by atoms with Gasteiger partial charge in [-0.05, 0) is 38.1 Å². The summed E-state index contributed by atoms with van der Waals surface area (Å²) in [7, 11) is 0. The fourth-order valence-corrected chi connectivity index (χ4v) is 4.74. The van der Waals surface area contributed by atoms with E-state index in [1.807, 2.05) is 0 Å². The van der Waals surface area contributed by atoms with Crippen LogP contribution in [0.1, 0.15) is 52.9 Å². The quantitative estimate of drug-likeness (QED) is 0.855. The van der Waals surface area contributed by atoms with Gasteiger partial charge < -0.3 is 5.32 Å². The average Bonchev–Trinajstić information content (AvgIpc) is 2.90. The molecule has 0 saturated carbocycles. The molecule has 0 radical (unpaired) electrons. The first-order valence-electron chi connectivity index (χ1n) is 8.94. The molecule has 0 bridgehead atoms. The van der Waals surface area contributed by atoms with Crippen LogP contribution in [0.5, 0.6) is 0 Å². The SMILES string of the molecule is CCC1CN(C2CCN3CCCCC23)C(C(C)C)CN1. The predicted molar refractivity (Wildman–Crippen MR) is 85.0 cm³/mol. The second-order valence-corrected chi connectivity index (χ2v) is 7.48. The van der Waals surface area contributed by atoms with Crippen LogP contribution in [0.4, 0.5) is 0 Å². The fraction of sp³-hybridized carbons (Fsp3) is 1.00. The van der Waals surface area contributed by atoms with Crippen molar-refractivity contribution in [1.29, 1.82) is 0 Å². The van der Waals surface area contributed by atoms with Crippen molar-refractivity contribution >= 4 is 0 Å². The molecule has 0 aromatic heterocycles. The number of nitrogens with one attached hydrogen (secondary N) is 1. The first-order chi connectivity index (χ1) is 9.70. The van der Waals surface area contributed by atoms with Crippen LogP contribution < -0.4 is 5.32 Å². The third-order valence-electron chi connectivity index (χ3n) is 5.98. The first kappa shape index (κ1) is 14.8. The van der Waals surface area contributed by atoms with Crippen LogP contribution in [0.15, 0.2) is 0 Å². The lowest BCUT2D eigenvalue weighted by Gasteiger charge is -2.48. The van der Waals surface area contributed by atoms with Crippen molar-refractivity contribution in [2.24, 2.45) is 5.92 Å². The summed E-state index contributed by atoms with van der Waals surface area (Å²) in [5.41, 5.74) is 0. The Morgan fingerprint density at radius 1 is 1.10 bits per heavy atom. The van der Waals surface area contributed by atoms with Crippen LogP contribution >= 0.6 is 0 Å². The fourth-order valence-electron chi connectivity index (χ4n) is 4.74. The van der Waals surface area contributed by atoms with Gasteiger partial charge >= 0.3 is 0 Å². The van der Waals surface area contributed by atoms with E-state index >= 15 is 0 Å². The van der Waals surface area contributed by atoms with Crippen LogP contribution in [0.3, 0.4) is 0 Å². The molecule has 3 nitrogen and oxygen atoms in total. The van der Waals surface area contributed by atoms with Crippen LogP contribution in [0, 0.1) is 5.92 Å². The highest BCUT2D eigenvalue weighted by Crippen LogP contribution is 2.33. The van der Waals surface area contributed by atoms with E-state index in [4.69, 9.17) is 0 Å². The van der Waals surface area contributed by atoms with Gasteiger partial charge in [0.1, 0.15) is 0 Å². The molecule has 0 amide bonds. The standard InChI is InChI=1S/C17H33N3/c1-4-14-12-20(17(11-18-14)13(2)3)16-8-10-19-9-6-5-7-15(16)19/h13-18H,4-12H2,1-3H3. The largest absolute Gasteiger partial charge is 0.311 e. The van der Waals surface area contributed by atoms with E-state index in [2.05, 4.69) is 35.9 Å². The molecule has 0 spiro atoms. The lowest BCUT2D eigenvalue weighted by Crippen LogP contribution is -2.63. The number of rotatable bonds is 3. The number of fused-ring (bicyclic) bond motifs is 1. The minimum atomic E-state index is 0.711. The third kappa shape index (κ3) is 2.77. The van der Waals surface area contributed by atoms with Gasteiger partial charge in [-0.25, -0.2) is 0 Å². The molecule has 0 aliphatic carbocycles. The summed E-state index contributed by atoms with van der Waals surface area (Å²) in [6, 6.07) is 3.15. The monoisotopic (exact) mass is 279 g/mol. The second-order valence-electron chi connectivity index (χ2n) is 7.48. The molecule has 3 aliphatic rings. The molecular weight excluding hydrogens is 246 g/mol. The molecule has 1 N–H and O–H groups in total. The number of hydrogen-bond acceptors (Lipinski definition) is 3. The van der Waals surface area contributed by atoms with E-state index in [-0.39, 0.29) is 0 Å². The number of hydrogen-bond donors (Lipinski definition) is 1. The summed E-state index contributed by atoms with van der Waals surface area (Å²) in [5.74, 6) is 0.762. The molecule has 3 heterocycles. The Hall–Kier alpha value is -0.120. The maximum Gasteiger partial charge on any atom is 0.0267 e. The third-order valence-corrected chi connectivity index (χ3v) is 5.98. The summed E-state index contributed by atoms with van der Waals surface area (Å²) >= 11 is 0. The smallest absolute Gasteiger partial charge is 0.0267 e. The lowest BCUT2D eigenvalue weighted by atomic mass is 9.91. The van der Waals surface area contributed by atoms with Crippen molar-refractivity contribution in [2.75, 3.05) is 26.2 Å². The minimum absolute atomic E-state index is 0.711. The summed E-state index contributed by atoms with van der Waals surface area (Å²) in [6.45, 7) is 12.3. The summed E-state index contributed by atoms with van der Waals surface area (Å²) in [5, 5.41) is 3.77. The van der Waals surface area contributed by atoms with Crippen molar-refractivity contribution in [1.82, 2.24) is 15.1 Å². The maximum absolute atomic E-state index is 3.77. The highest BCUT2D eigenvalue weighted by Gasteiger charge is 2.43. The molecule has 20 heavy (non-hydrogen) atoms. The minimum Gasteiger partial charge on any atom is -0.311 e. The van der Waals surface area contributed by atoms with Crippen LogP contribution in [0.2, 0.25) is 0 Å². The van der Waals surface area contributed by atoms with Gasteiger partial charge in [-0.2, -0.15) is 0 Å². The van der Waals surface area contributed by atoms with Gasteiger partial charge in [0, 0.05) is 43.8 Å². The molecule has 0 aromatic rings. The van der Waals surface area contributed by atoms with Crippen LogP contribution in [-0.2, 0) is 0 Å². The van der Waals surface area contributed by atoms with Gasteiger partial charge in [0.15, 0.2) is 0 Å². The van der Waals surface area contributed by atoms with Gasteiger partial charge in [0.2, 0.25) is 0 Å². The zero-order valence-corrected chi connectivity index (χ0v) is 13.6. The van der Waals surface area contributed by atoms with Crippen molar-refractivity contribution in [2.45, 2.75) is 77.0 Å². The highest BCUT2D eigenvalue weighted by atomic mass is 15.3. The van der Waals surface area contributed by atoms with E-state index in [1.165, 1.54) is 58.3 Å². The Morgan fingerprint density at radius 3 is 2.70 bits per heavy atom. The van der Waals surface area contributed by atoms with Crippen LogP contribution in [0.25, 0.3) is 0 Å². The van der Waals surface area contributed by atoms with E-state index in [0.29, 0.717) is 6.04 Å². The predicted octanol–water partition coefficient (Wildman–Crippen LogP) is 2.32. The van der Waals surface area contributed by atoms with Crippen LogP contribution in [-0.4, -0.2) is 60.1 Å². The number of piperidine rings is 1. The van der Waals surface area contributed by atoms with E-state index < -0.39 is 0 Å². The zero-order valence-electron chi connectivity index (χ0n) is 13.6. The van der Waals surface area contributed by atoms with Gasteiger partial charge in [-0.15, -0.1) is 0 Å². The molecule has 4 unspecified atom stereocenters. The van der Waals surface area contributed by atoms with E-state index in [9.17, 15) is 0 Å². The van der Waals surface area contributed by atoms with Crippen molar-refractivity contribution in [3.05, 3.63) is 0 Å². The van der Waals surface area contributed by atoms with Crippen molar-refractivity contribution < 1.29 is 0 Å². The summed E-state index contributed by atoms with van der Waals surface area (Å²) in [6.07, 6.45) is 6.99. The molecule has 3 saturated heterocycles. The summed E-state index contributed by atoms with van der Waals surface area (Å²) in [4.78, 5) is 5.69. The molecular formula is C17H33N3. The Kier molecular flexibility index (Phi) is 4.68. The first-order valence-corrected chi connectivity index (χ1v) is 8.94. The zero-order chi connectivity index (χ0) is 14.1. The number of piperazine rings is 1. The molecule has 3 rings (SSSR count). The topological polar surface area (TPSA) is 18.5 Å². The molecule has 3 heteroatoms. The van der Waals surface area contributed by atoms with E-state index in [0.717, 1.165) is 24.0 Å². The van der Waals surface area contributed by atoms with E-state index in [1.54, 1.807) is 0 Å². The highest BCUT2D eigenvalue weighted by molar-refractivity contribution is 5.00. The Bertz CT molecular complexity index is 317. The van der Waals surface area contributed by atoms with Gasteiger partial charge in [0.25, 0.3) is 0 Å².